The van der Waals surface area contributed by atoms with Crippen molar-refractivity contribution in [2.24, 2.45) is 0 Å². The van der Waals surface area contributed by atoms with Crippen LogP contribution in [0.2, 0.25) is 0 Å². The quantitative estimate of drug-likeness (QED) is 0.726. The molecule has 10 heteroatoms. The monoisotopic (exact) mass is 416 g/mol. The van der Waals surface area contributed by atoms with Crippen molar-refractivity contribution in [3.8, 4) is 0 Å². The van der Waals surface area contributed by atoms with Crippen molar-refractivity contribution < 1.29 is 36.2 Å². The molecule has 1 amide bonds. The molecule has 3 rings (SSSR count). The highest BCUT2D eigenvalue weighted by Gasteiger charge is 2.51. The molecule has 2 heterocycles. The van der Waals surface area contributed by atoms with Crippen LogP contribution in [0.4, 0.5) is 32.2 Å². The van der Waals surface area contributed by atoms with Crippen molar-refractivity contribution in [2.45, 2.75) is 31.9 Å². The first-order valence-electron chi connectivity index (χ1n) is 8.23. The summed E-state index contributed by atoms with van der Waals surface area (Å²) in [5.41, 5.74) is -6.61. The van der Waals surface area contributed by atoms with Crippen LogP contribution in [0, 0.1) is 0 Å². The van der Waals surface area contributed by atoms with Crippen LogP contribution in [0.15, 0.2) is 53.7 Å². The first-order chi connectivity index (χ1) is 13.3. The Kier molecular flexibility index (Phi) is 4.73. The Morgan fingerprint density at radius 2 is 1.52 bits per heavy atom. The number of benzene rings is 1. The summed E-state index contributed by atoms with van der Waals surface area (Å²) in [5, 5.41) is 11.3. The minimum Gasteiger partial charge on any atom is -0.363 e. The average molecular weight is 416 g/mol. The van der Waals surface area contributed by atoms with Crippen molar-refractivity contribution in [3.05, 3.63) is 70.4 Å². The number of hydrogen-bond acceptors (Lipinski definition) is 3. The Labute approximate surface area is 161 Å². The number of carbonyl (C=O) groups excluding carboxylic acids is 1. The molecule has 154 valence electrons. The van der Waals surface area contributed by atoms with E-state index in [-0.39, 0.29) is 23.0 Å². The van der Waals surface area contributed by atoms with Crippen molar-refractivity contribution in [1.29, 1.82) is 0 Å². The third-order valence-corrected chi connectivity index (χ3v) is 4.80. The molecule has 0 spiro atoms. The summed E-state index contributed by atoms with van der Waals surface area (Å²) in [5.74, 6) is -0.906. The van der Waals surface area contributed by atoms with Gasteiger partial charge in [0.05, 0.1) is 11.1 Å². The summed E-state index contributed by atoms with van der Waals surface area (Å²) in [6, 6.07) is 5.05. The van der Waals surface area contributed by atoms with Gasteiger partial charge >= 0.3 is 12.4 Å². The van der Waals surface area contributed by atoms with Crippen LogP contribution < -0.4 is 4.90 Å². The summed E-state index contributed by atoms with van der Waals surface area (Å²) in [4.78, 5) is 17.3. The SMILES string of the molecule is CC1=C(C)C(O)(c2cc(C(F)(F)F)cc(C(F)(F)F)c2)N(c2ccccn2)C1=O. The van der Waals surface area contributed by atoms with E-state index in [2.05, 4.69) is 4.98 Å². The number of anilines is 1. The van der Waals surface area contributed by atoms with E-state index in [9.17, 15) is 36.2 Å². The third-order valence-electron chi connectivity index (χ3n) is 4.80. The van der Waals surface area contributed by atoms with E-state index in [0.29, 0.717) is 17.0 Å². The topological polar surface area (TPSA) is 53.4 Å². The molecule has 0 saturated carbocycles. The van der Waals surface area contributed by atoms with Crippen LogP contribution in [-0.2, 0) is 22.9 Å². The Morgan fingerprint density at radius 3 is 1.97 bits per heavy atom. The number of pyridine rings is 1. The summed E-state index contributed by atoms with van der Waals surface area (Å²) < 4.78 is 79.6. The summed E-state index contributed by atoms with van der Waals surface area (Å²) in [7, 11) is 0. The highest BCUT2D eigenvalue weighted by molar-refractivity contribution is 6.10. The van der Waals surface area contributed by atoms with Crippen molar-refractivity contribution in [2.75, 3.05) is 4.90 Å². The summed E-state index contributed by atoms with van der Waals surface area (Å²) in [6.07, 6.45) is -8.92. The fraction of sp³-hybridized carbons (Fsp3) is 0.263. The van der Waals surface area contributed by atoms with Crippen molar-refractivity contribution in [3.63, 3.8) is 0 Å². The molecule has 0 fully saturated rings. The van der Waals surface area contributed by atoms with Crippen LogP contribution in [0.25, 0.3) is 0 Å². The lowest BCUT2D eigenvalue weighted by Gasteiger charge is -2.35. The molecule has 1 aliphatic heterocycles. The smallest absolute Gasteiger partial charge is 0.363 e. The number of nitrogens with zero attached hydrogens (tertiary/aromatic N) is 2. The second-order valence-electron chi connectivity index (χ2n) is 6.55. The number of aliphatic hydroxyl groups is 1. The molecule has 1 N–H and O–H groups in total. The van der Waals surface area contributed by atoms with E-state index in [1.54, 1.807) is 0 Å². The molecule has 1 aromatic heterocycles. The Bertz CT molecular complexity index is 966. The van der Waals surface area contributed by atoms with Gasteiger partial charge in [-0.05, 0) is 49.8 Å². The van der Waals surface area contributed by atoms with Gasteiger partial charge in [-0.15, -0.1) is 0 Å². The van der Waals surface area contributed by atoms with Gasteiger partial charge in [0.2, 0.25) is 0 Å². The largest absolute Gasteiger partial charge is 0.416 e. The number of carbonyl (C=O) groups is 1. The second kappa shape index (κ2) is 6.58. The van der Waals surface area contributed by atoms with Gasteiger partial charge in [-0.3, -0.25) is 9.69 Å². The van der Waals surface area contributed by atoms with E-state index in [0.717, 1.165) is 0 Å². The third kappa shape index (κ3) is 3.37. The molecule has 0 saturated heterocycles. The van der Waals surface area contributed by atoms with Gasteiger partial charge in [0.1, 0.15) is 5.82 Å². The number of rotatable bonds is 2. The van der Waals surface area contributed by atoms with E-state index < -0.39 is 40.7 Å². The van der Waals surface area contributed by atoms with Crippen molar-refractivity contribution in [1.82, 2.24) is 4.98 Å². The minimum atomic E-state index is -5.10. The predicted octanol–water partition coefficient (Wildman–Crippen LogP) is 4.65. The number of hydrogen-bond donors (Lipinski definition) is 1. The normalized spacial score (nSPS) is 20.6. The fourth-order valence-electron chi connectivity index (χ4n) is 3.16. The summed E-state index contributed by atoms with van der Waals surface area (Å²) in [6.45, 7) is 2.59. The maximum atomic E-state index is 13.3. The van der Waals surface area contributed by atoms with Crippen LogP contribution >= 0.6 is 0 Å². The number of halogens is 6. The summed E-state index contributed by atoms with van der Waals surface area (Å²) >= 11 is 0. The average Bonchev–Trinajstić information content (AvgIpc) is 2.82. The molecule has 1 aromatic carbocycles. The highest BCUT2D eigenvalue weighted by atomic mass is 19.4. The van der Waals surface area contributed by atoms with Crippen LogP contribution in [-0.4, -0.2) is 16.0 Å². The lowest BCUT2D eigenvalue weighted by atomic mass is 9.91. The molecule has 29 heavy (non-hydrogen) atoms. The minimum absolute atomic E-state index is 0.0101. The standard InChI is InChI=1S/C19H14F6N2O2/c1-10-11(2)17(29,27(16(10)28)15-5-3-4-6-26-15)12-7-13(18(20,21)22)9-14(8-12)19(23,24)25/h3-9,29H,1-2H3. The number of amides is 1. The maximum Gasteiger partial charge on any atom is 0.416 e. The van der Waals surface area contributed by atoms with E-state index in [1.165, 1.54) is 38.2 Å². The molecule has 4 nitrogen and oxygen atoms in total. The molecule has 1 atom stereocenters. The van der Waals surface area contributed by atoms with Gasteiger partial charge in [-0.2, -0.15) is 26.3 Å². The molecule has 1 aliphatic rings. The van der Waals surface area contributed by atoms with Gasteiger partial charge < -0.3 is 5.11 Å². The molecule has 0 aliphatic carbocycles. The van der Waals surface area contributed by atoms with E-state index in [4.69, 9.17) is 0 Å². The first kappa shape index (κ1) is 20.8. The molecule has 1 unspecified atom stereocenters. The number of aromatic nitrogens is 1. The maximum absolute atomic E-state index is 13.3. The Hall–Kier alpha value is -2.88. The van der Waals surface area contributed by atoms with Gasteiger partial charge in [-0.1, -0.05) is 6.07 Å². The lowest BCUT2D eigenvalue weighted by molar-refractivity contribution is -0.143. The zero-order valence-electron chi connectivity index (χ0n) is 15.1. The first-order valence-corrected chi connectivity index (χ1v) is 8.23. The fourth-order valence-corrected chi connectivity index (χ4v) is 3.16. The highest BCUT2D eigenvalue weighted by Crippen LogP contribution is 2.46. The van der Waals surface area contributed by atoms with Crippen LogP contribution in [0.3, 0.4) is 0 Å². The van der Waals surface area contributed by atoms with E-state index in [1.807, 2.05) is 0 Å². The second-order valence-corrected chi connectivity index (χ2v) is 6.55. The molecular formula is C19H14F6N2O2. The predicted molar refractivity (Wildman–Crippen MR) is 90.4 cm³/mol. The van der Waals surface area contributed by atoms with Crippen molar-refractivity contribution >= 4 is 11.7 Å². The molecule has 2 aromatic rings. The molecule has 0 bridgehead atoms. The van der Waals surface area contributed by atoms with Gasteiger partial charge in [0, 0.05) is 17.3 Å². The lowest BCUT2D eigenvalue weighted by Crippen LogP contribution is -2.46. The van der Waals surface area contributed by atoms with E-state index >= 15 is 0 Å². The van der Waals surface area contributed by atoms with Gasteiger partial charge in [0.25, 0.3) is 5.91 Å². The van der Waals surface area contributed by atoms with Crippen LogP contribution in [0.5, 0.6) is 0 Å². The number of alkyl halides is 6. The Balaban J connectivity index is 2.32. The molecule has 0 radical (unpaired) electrons. The zero-order valence-corrected chi connectivity index (χ0v) is 15.1. The van der Waals surface area contributed by atoms with Gasteiger partial charge in [-0.25, -0.2) is 4.98 Å². The van der Waals surface area contributed by atoms with Gasteiger partial charge in [0.15, 0.2) is 5.72 Å². The Morgan fingerprint density at radius 1 is 0.966 bits per heavy atom. The van der Waals surface area contributed by atoms with Crippen LogP contribution in [0.1, 0.15) is 30.5 Å². The zero-order chi connectivity index (χ0) is 21.8. The molecular weight excluding hydrogens is 402 g/mol.